The molecule has 550 valence electrons. The summed E-state index contributed by atoms with van der Waals surface area (Å²) in [6.07, 6.45) is -10.6. The number of rotatable bonds is 39. The lowest BCUT2D eigenvalue weighted by Crippen LogP contribution is -2.46. The van der Waals surface area contributed by atoms with Gasteiger partial charge in [0.05, 0.1) is 53.4 Å². The van der Waals surface area contributed by atoms with Gasteiger partial charge in [-0.25, -0.2) is 57.3 Å². The summed E-state index contributed by atoms with van der Waals surface area (Å²) in [5.74, 6) is -3.19. The van der Waals surface area contributed by atoms with Gasteiger partial charge in [-0.05, 0) is 13.8 Å². The molecule has 0 radical (unpaired) electrons. The Labute approximate surface area is 556 Å². The van der Waals surface area contributed by atoms with E-state index in [0.29, 0.717) is 27.0 Å². The maximum Gasteiger partial charge on any atom is 0.481 e. The van der Waals surface area contributed by atoms with E-state index in [1.54, 1.807) is 0 Å². The van der Waals surface area contributed by atoms with Crippen LogP contribution in [-0.2, 0) is 103 Å². The molecule has 0 saturated carbocycles. The summed E-state index contributed by atoms with van der Waals surface area (Å²) >= 11 is 0. The topological polar surface area (TPSA) is 693 Å². The fraction of sp³-hybridized carbons (Fsp3) is 0.682. The largest absolute Gasteiger partial charge is 0.481 e. The molecule has 6 rings (SSSR count). The number of phosphoric ester groups is 6. The van der Waals surface area contributed by atoms with E-state index in [0.717, 1.165) is 34.4 Å². The highest BCUT2D eigenvalue weighted by molar-refractivity contribution is 7.61. The summed E-state index contributed by atoms with van der Waals surface area (Å²) in [5, 5.41) is 53.9. The second-order valence-electron chi connectivity index (χ2n) is 23.7. The molecule has 0 aromatic carbocycles. The second kappa shape index (κ2) is 32.7. The molecular weight excluding hydrogens is 1440 g/mol. The smallest absolute Gasteiger partial charge is 0.385 e. The van der Waals surface area contributed by atoms with Crippen molar-refractivity contribution in [2.24, 2.45) is 10.8 Å². The highest BCUT2D eigenvalue weighted by Gasteiger charge is 2.59. The van der Waals surface area contributed by atoms with E-state index in [-0.39, 0.29) is 73.0 Å². The minimum Gasteiger partial charge on any atom is -0.385 e. The van der Waals surface area contributed by atoms with Crippen LogP contribution in [0.1, 0.15) is 54.4 Å². The van der Waals surface area contributed by atoms with Gasteiger partial charge in [-0.15, -0.1) is 0 Å². The first kappa shape index (κ1) is 82.2. The van der Waals surface area contributed by atoms with Gasteiger partial charge in [0.2, 0.25) is 23.6 Å². The van der Waals surface area contributed by atoms with E-state index in [2.05, 4.69) is 59.8 Å². The molecule has 2 aliphatic heterocycles. The van der Waals surface area contributed by atoms with Crippen molar-refractivity contribution in [1.82, 2.24) is 60.3 Å². The number of aromatic nitrogens is 8. The summed E-state index contributed by atoms with van der Waals surface area (Å²) < 4.78 is 126. The van der Waals surface area contributed by atoms with Crippen molar-refractivity contribution in [3.05, 3.63) is 25.3 Å². The normalized spacial score (nSPS) is 24.8. The molecule has 54 heteroatoms. The van der Waals surface area contributed by atoms with Crippen LogP contribution in [0.4, 0.5) is 11.6 Å². The molecule has 2 saturated heterocycles. The number of fused-ring (bicyclic) bond motifs is 2. The van der Waals surface area contributed by atoms with Gasteiger partial charge in [0.15, 0.2) is 34.4 Å². The lowest BCUT2D eigenvalue weighted by atomic mass is 9.36. The number of amides is 4. The monoisotopic (exact) mass is 1520 g/mol. The van der Waals surface area contributed by atoms with Crippen LogP contribution in [0.15, 0.2) is 25.3 Å². The second-order valence-corrected chi connectivity index (χ2v) is 32.2. The molecule has 14 atom stereocenters. The fourth-order valence-corrected chi connectivity index (χ4v) is 15.2. The number of nitrogens with two attached hydrogens (primary N) is 2. The molecule has 98 heavy (non-hydrogen) atoms. The third-order valence-electron chi connectivity index (χ3n) is 14.9. The Kier molecular flexibility index (Phi) is 27.4. The molecule has 46 nitrogen and oxygen atoms in total. The van der Waals surface area contributed by atoms with Crippen LogP contribution in [0.25, 0.3) is 22.3 Å². The van der Waals surface area contributed by atoms with Crippen molar-refractivity contribution in [2.75, 3.05) is 64.1 Å². The zero-order valence-corrected chi connectivity index (χ0v) is 58.1. The fourth-order valence-electron chi connectivity index (χ4n) is 9.56. The minimum atomic E-state index is -5.67. The third-order valence-corrected chi connectivity index (χ3v) is 21.1. The lowest BCUT2D eigenvalue weighted by Gasteiger charge is -2.30. The Balaban J connectivity index is 0.808. The number of aliphatic hydroxyl groups excluding tert-OH is 4. The van der Waals surface area contributed by atoms with Gasteiger partial charge in [-0.1, -0.05) is 40.3 Å². The Hall–Kier alpha value is -4.79. The van der Waals surface area contributed by atoms with Crippen molar-refractivity contribution >= 4 is 119 Å². The molecule has 0 aliphatic carbocycles. The number of hydrogen-bond donors (Lipinski definition) is 18. The quantitative estimate of drug-likeness (QED) is 0.0114. The van der Waals surface area contributed by atoms with Crippen molar-refractivity contribution in [1.29, 1.82) is 0 Å². The number of carbonyl (C=O) groups is 4. The Morgan fingerprint density at radius 2 is 0.898 bits per heavy atom. The van der Waals surface area contributed by atoms with E-state index < -0.39 is 168 Å². The summed E-state index contributed by atoms with van der Waals surface area (Å²) in [6, 6.07) is 0. The van der Waals surface area contributed by atoms with Gasteiger partial charge in [0, 0.05) is 49.9 Å². The number of ether oxygens (including phenoxy) is 2. The Morgan fingerprint density at radius 3 is 1.23 bits per heavy atom. The van der Waals surface area contributed by atoms with Crippen LogP contribution in [0, 0.1) is 10.8 Å². The SMILES string of the molecule is CC(C)(COP(=O)(O)OP(=O)(O)OCC1OC(C)(n2cnc3c(N)ncnc32)C(O)C1OP(=O)(O)O)C(O)C(=O)NCCC(=O)NCCBBCCNC(=O)CCNC(=O)C(O)C(C)(C)COP(=O)(O)OP(=O)(O)OCC1OC(C)(n2cnc3c(N)ncnc32)C(O)C1OP(=O)(O)O. The number of anilines is 2. The molecule has 0 bridgehead atoms. The summed E-state index contributed by atoms with van der Waals surface area (Å²) in [7, 11) is -32.1. The third kappa shape index (κ3) is 22.4. The summed E-state index contributed by atoms with van der Waals surface area (Å²) in [4.78, 5) is 154. The molecule has 4 aromatic rings. The number of phosphoric acid groups is 6. The van der Waals surface area contributed by atoms with E-state index >= 15 is 0 Å². The molecule has 20 N–H and O–H groups in total. The maximum absolute atomic E-state index is 12.9. The van der Waals surface area contributed by atoms with Gasteiger partial charge in [0.25, 0.3) is 0 Å². The Morgan fingerprint density at radius 1 is 0.561 bits per heavy atom. The van der Waals surface area contributed by atoms with Crippen molar-refractivity contribution in [3.8, 4) is 0 Å². The van der Waals surface area contributed by atoms with Crippen molar-refractivity contribution in [2.45, 2.75) is 127 Å². The number of hydrogen-bond acceptors (Lipinski definition) is 32. The van der Waals surface area contributed by atoms with Crippen LogP contribution in [0.3, 0.4) is 0 Å². The van der Waals surface area contributed by atoms with Crippen molar-refractivity contribution in [3.63, 3.8) is 0 Å². The number of nitrogens with one attached hydrogen (secondary N) is 4. The number of aliphatic hydroxyl groups is 4. The molecule has 2 fully saturated rings. The molecular formula is C44H76B2N14O32P6. The minimum absolute atomic E-state index is 0.0146. The number of nitrogen functional groups attached to an aromatic ring is 2. The predicted octanol–water partition coefficient (Wildman–Crippen LogP) is -4.20. The summed E-state index contributed by atoms with van der Waals surface area (Å²) in [6.45, 7) is 2.91. The van der Waals surface area contributed by atoms with Gasteiger partial charge in [0.1, 0.15) is 72.5 Å². The van der Waals surface area contributed by atoms with E-state index in [4.69, 9.17) is 48.1 Å². The van der Waals surface area contributed by atoms with Gasteiger partial charge in [-0.3, -0.25) is 55.5 Å². The molecule has 6 heterocycles. The van der Waals surface area contributed by atoms with Crippen LogP contribution in [0.2, 0.25) is 12.6 Å². The molecule has 0 spiro atoms. The average Bonchev–Trinajstić information content (AvgIpc) is 1.59. The van der Waals surface area contributed by atoms with Crippen molar-refractivity contribution < 1.29 is 151 Å². The highest BCUT2D eigenvalue weighted by Crippen LogP contribution is 2.63. The van der Waals surface area contributed by atoms with E-state index in [9.17, 15) is 106 Å². The van der Waals surface area contributed by atoms with E-state index in [1.165, 1.54) is 41.5 Å². The molecule has 2 aliphatic rings. The predicted molar refractivity (Wildman–Crippen MR) is 332 cm³/mol. The zero-order valence-electron chi connectivity index (χ0n) is 52.8. The average molecular weight is 1520 g/mol. The van der Waals surface area contributed by atoms with Gasteiger partial charge in [-0.2, -0.15) is 8.62 Å². The first-order valence-corrected chi connectivity index (χ1v) is 38.0. The number of nitrogens with zero attached hydrogens (tertiary/aromatic N) is 8. The first-order valence-electron chi connectivity index (χ1n) is 29.0. The standard InChI is InChI=1S/C44H76B2N14O32P6/c1-41(2,17-85-97(79,80)91-95(75,76)83-15-23-29(89-93(69,70)71)31(63)43(5,87-23)59-21-57-27-35(47)53-19-55-37(27)59)33(65)39(67)51-11-7-25(61)49-13-9-45-46-10-14-50-26(62)8-12-52-40(68)34(66)42(3,4)18-86-98(81,82)92-96(77,78)84-16-24-30(90-94(72,73)74)32(64)44(6,88-24)60-22-58-28-36(48)54-20-56-38(28)60/h19-24,29-34,45-46,63-66H,7-18H2,1-6H3,(H,49,61)(H,50,62)(H,51,67)(H,52,68)(H,75,76)(H,77,78)(H,79,80)(H,81,82)(H2,47,53,55)(H2,48,54,56)(H2,69,70,71)(H2,72,73,74). The van der Waals surface area contributed by atoms with Gasteiger partial charge < -0.3 is 102 Å². The van der Waals surface area contributed by atoms with Crippen LogP contribution in [-0.4, -0.2) is 238 Å². The van der Waals surface area contributed by atoms with Crippen LogP contribution in [0.5, 0.6) is 0 Å². The molecule has 14 unspecified atom stereocenters. The first-order chi connectivity index (χ1) is 45.1. The number of imidazole rings is 2. The van der Waals surface area contributed by atoms with Crippen LogP contribution >= 0.6 is 46.9 Å². The number of carbonyl (C=O) groups excluding carboxylic acids is 4. The maximum atomic E-state index is 12.9. The molecule has 4 amide bonds. The molecule has 4 aromatic heterocycles. The zero-order chi connectivity index (χ0) is 73.4. The highest BCUT2D eigenvalue weighted by atomic mass is 31.3. The van der Waals surface area contributed by atoms with E-state index in [1.807, 2.05) is 0 Å². The van der Waals surface area contributed by atoms with Gasteiger partial charge >= 0.3 is 46.9 Å². The van der Waals surface area contributed by atoms with Crippen LogP contribution < -0.4 is 32.7 Å². The summed E-state index contributed by atoms with van der Waals surface area (Å²) in [5.41, 5.74) is 4.26. The lowest BCUT2D eigenvalue weighted by molar-refractivity contribution is -0.137. The Bertz CT molecular complexity index is 3560.